The zero-order chi connectivity index (χ0) is 19.8. The smallest absolute Gasteiger partial charge is 0.278 e. The van der Waals surface area contributed by atoms with Gasteiger partial charge in [-0.1, -0.05) is 29.8 Å². The van der Waals surface area contributed by atoms with Gasteiger partial charge in [0.25, 0.3) is 11.5 Å². The van der Waals surface area contributed by atoms with Crippen LogP contribution in [0.3, 0.4) is 0 Å². The molecule has 3 heterocycles. The third-order valence-electron chi connectivity index (χ3n) is 4.08. The van der Waals surface area contributed by atoms with Crippen molar-refractivity contribution in [2.24, 2.45) is 0 Å². The number of nitrogens with zero attached hydrogens (tertiary/aromatic N) is 3. The Balaban J connectivity index is 1.71. The fourth-order valence-electron chi connectivity index (χ4n) is 2.78. The first kappa shape index (κ1) is 18.8. The molecule has 0 unspecified atom stereocenters. The van der Waals surface area contributed by atoms with E-state index in [-0.39, 0.29) is 17.3 Å². The molecule has 0 atom stereocenters. The molecule has 3 aromatic heterocycles. The zero-order valence-corrected chi connectivity index (χ0v) is 17.4. The molecule has 9 heteroatoms. The van der Waals surface area contributed by atoms with Crippen molar-refractivity contribution in [2.45, 2.75) is 19.9 Å². The molecule has 4 rings (SSSR count). The first-order chi connectivity index (χ1) is 13.4. The quantitative estimate of drug-likeness (QED) is 0.490. The van der Waals surface area contributed by atoms with E-state index in [2.05, 4.69) is 15.4 Å². The number of thiazole rings is 1. The lowest BCUT2D eigenvalue weighted by atomic mass is 10.1. The molecule has 0 spiro atoms. The van der Waals surface area contributed by atoms with E-state index >= 15 is 0 Å². The first-order valence-corrected chi connectivity index (χ1v) is 10.6. The predicted molar refractivity (Wildman–Crippen MR) is 115 cm³/mol. The standard InChI is InChI=1S/C19H15ClN4O2S2/c1-10(2)24-18(26)12-6-4-3-5-11(12)16(23-24)17(25)22-19-21-13(9-27-19)14-7-8-15(20)28-14/h3-10H,1-2H3,(H,21,22,25). The van der Waals surface area contributed by atoms with Crippen LogP contribution in [-0.2, 0) is 0 Å². The fourth-order valence-corrected chi connectivity index (χ4v) is 4.56. The lowest BCUT2D eigenvalue weighted by Gasteiger charge is -2.12. The summed E-state index contributed by atoms with van der Waals surface area (Å²) in [6, 6.07) is 10.5. The zero-order valence-electron chi connectivity index (χ0n) is 15.0. The molecule has 0 fully saturated rings. The number of rotatable bonds is 4. The highest BCUT2D eigenvalue weighted by molar-refractivity contribution is 7.20. The molecular formula is C19H15ClN4O2S2. The number of carbonyl (C=O) groups excluding carboxylic acids is 1. The van der Waals surface area contributed by atoms with Crippen LogP contribution in [0.5, 0.6) is 0 Å². The summed E-state index contributed by atoms with van der Waals surface area (Å²) in [6.45, 7) is 3.70. The molecule has 6 nitrogen and oxygen atoms in total. The molecule has 0 saturated carbocycles. The Morgan fingerprint density at radius 3 is 2.61 bits per heavy atom. The van der Waals surface area contributed by atoms with Crippen molar-refractivity contribution in [3.8, 4) is 10.6 Å². The number of anilines is 1. The number of hydrogen-bond donors (Lipinski definition) is 1. The number of fused-ring (bicyclic) bond motifs is 1. The number of hydrogen-bond acceptors (Lipinski definition) is 6. The molecular weight excluding hydrogens is 416 g/mol. The van der Waals surface area contributed by atoms with E-state index in [1.165, 1.54) is 27.4 Å². The summed E-state index contributed by atoms with van der Waals surface area (Å²) in [6.07, 6.45) is 0. The van der Waals surface area contributed by atoms with Crippen LogP contribution in [0.1, 0.15) is 30.4 Å². The van der Waals surface area contributed by atoms with Gasteiger partial charge in [0, 0.05) is 10.8 Å². The minimum absolute atomic E-state index is 0.168. The van der Waals surface area contributed by atoms with E-state index in [4.69, 9.17) is 11.6 Å². The molecule has 0 saturated heterocycles. The monoisotopic (exact) mass is 430 g/mol. The van der Waals surface area contributed by atoms with Gasteiger partial charge >= 0.3 is 0 Å². The molecule has 4 aromatic rings. The Hall–Kier alpha value is -2.55. The van der Waals surface area contributed by atoms with Crippen molar-refractivity contribution in [2.75, 3.05) is 5.32 Å². The minimum Gasteiger partial charge on any atom is -0.296 e. The van der Waals surface area contributed by atoms with Gasteiger partial charge in [0.2, 0.25) is 0 Å². The fraction of sp³-hybridized carbons (Fsp3) is 0.158. The summed E-state index contributed by atoms with van der Waals surface area (Å²) in [7, 11) is 0. The second kappa shape index (κ2) is 7.46. The summed E-state index contributed by atoms with van der Waals surface area (Å²) < 4.78 is 2.01. The van der Waals surface area contributed by atoms with Gasteiger partial charge in [-0.2, -0.15) is 5.10 Å². The summed E-state index contributed by atoms with van der Waals surface area (Å²) in [5.74, 6) is -0.407. The normalized spacial score (nSPS) is 11.3. The maximum atomic E-state index is 12.9. The molecule has 1 N–H and O–H groups in total. The SMILES string of the molecule is CC(C)n1nc(C(=O)Nc2nc(-c3ccc(Cl)s3)cs2)c2ccccc2c1=O. The van der Waals surface area contributed by atoms with E-state index in [9.17, 15) is 9.59 Å². The number of benzene rings is 1. The van der Waals surface area contributed by atoms with E-state index in [1.807, 2.05) is 31.4 Å². The Morgan fingerprint density at radius 1 is 1.18 bits per heavy atom. The number of carbonyl (C=O) groups is 1. The Morgan fingerprint density at radius 2 is 1.93 bits per heavy atom. The van der Waals surface area contributed by atoms with Crippen LogP contribution in [0, 0.1) is 0 Å². The van der Waals surface area contributed by atoms with Crippen LogP contribution in [0.2, 0.25) is 4.34 Å². The molecule has 1 aromatic carbocycles. The highest BCUT2D eigenvalue weighted by Gasteiger charge is 2.19. The number of nitrogens with one attached hydrogen (secondary N) is 1. The lowest BCUT2D eigenvalue weighted by molar-refractivity contribution is 0.102. The average Bonchev–Trinajstić information content (AvgIpc) is 3.30. The summed E-state index contributed by atoms with van der Waals surface area (Å²) in [5.41, 5.74) is 0.732. The van der Waals surface area contributed by atoms with Gasteiger partial charge in [-0.05, 0) is 32.0 Å². The maximum absolute atomic E-state index is 12.9. The molecule has 142 valence electrons. The molecule has 0 radical (unpaired) electrons. The largest absolute Gasteiger partial charge is 0.296 e. The van der Waals surface area contributed by atoms with Crippen molar-refractivity contribution in [3.05, 3.63) is 62.2 Å². The van der Waals surface area contributed by atoms with Crippen molar-refractivity contribution in [3.63, 3.8) is 0 Å². The van der Waals surface area contributed by atoms with Crippen molar-refractivity contribution < 1.29 is 4.79 Å². The molecule has 0 bridgehead atoms. The molecule has 0 aliphatic heterocycles. The summed E-state index contributed by atoms with van der Waals surface area (Å²) in [4.78, 5) is 30.9. The van der Waals surface area contributed by atoms with Gasteiger partial charge in [-0.3, -0.25) is 14.9 Å². The highest BCUT2D eigenvalue weighted by Crippen LogP contribution is 2.33. The van der Waals surface area contributed by atoms with Gasteiger partial charge < -0.3 is 0 Å². The average molecular weight is 431 g/mol. The molecule has 1 amide bonds. The first-order valence-electron chi connectivity index (χ1n) is 8.48. The van der Waals surface area contributed by atoms with E-state index in [1.54, 1.807) is 24.3 Å². The van der Waals surface area contributed by atoms with Gasteiger partial charge in [-0.15, -0.1) is 22.7 Å². The summed E-state index contributed by atoms with van der Waals surface area (Å²) >= 11 is 8.72. The summed E-state index contributed by atoms with van der Waals surface area (Å²) in [5, 5.41) is 10.4. The van der Waals surface area contributed by atoms with Crippen molar-refractivity contribution in [1.29, 1.82) is 0 Å². The Labute approximate surface area is 173 Å². The van der Waals surface area contributed by atoms with Crippen molar-refractivity contribution in [1.82, 2.24) is 14.8 Å². The van der Waals surface area contributed by atoms with Crippen molar-refractivity contribution >= 4 is 56.1 Å². The van der Waals surface area contributed by atoms with Crippen LogP contribution in [0.25, 0.3) is 21.3 Å². The lowest BCUT2D eigenvalue weighted by Crippen LogP contribution is -2.28. The van der Waals surface area contributed by atoms with Gasteiger partial charge in [0.15, 0.2) is 10.8 Å². The maximum Gasteiger partial charge on any atom is 0.278 e. The minimum atomic E-state index is -0.407. The third-order valence-corrected chi connectivity index (χ3v) is 6.09. The van der Waals surface area contributed by atoms with Crippen LogP contribution < -0.4 is 10.9 Å². The van der Waals surface area contributed by atoms with E-state index in [0.29, 0.717) is 20.2 Å². The highest BCUT2D eigenvalue weighted by atomic mass is 35.5. The Kier molecular flexibility index (Phi) is 5.01. The predicted octanol–water partition coefficient (Wildman–Crippen LogP) is 5.07. The molecule has 0 aliphatic carbocycles. The number of thiophene rings is 1. The van der Waals surface area contributed by atoms with Gasteiger partial charge in [0.05, 0.1) is 26.3 Å². The number of amides is 1. The topological polar surface area (TPSA) is 76.9 Å². The van der Waals surface area contributed by atoms with E-state index < -0.39 is 5.91 Å². The third kappa shape index (κ3) is 3.46. The van der Waals surface area contributed by atoms with Crippen LogP contribution in [0.4, 0.5) is 5.13 Å². The van der Waals surface area contributed by atoms with Gasteiger partial charge in [-0.25, -0.2) is 9.67 Å². The number of halogens is 1. The molecule has 28 heavy (non-hydrogen) atoms. The molecule has 0 aliphatic rings. The Bertz CT molecular complexity index is 1240. The van der Waals surface area contributed by atoms with Gasteiger partial charge in [0.1, 0.15) is 0 Å². The van der Waals surface area contributed by atoms with Crippen LogP contribution in [-0.4, -0.2) is 20.7 Å². The second-order valence-corrected chi connectivity index (χ2v) is 8.91. The second-order valence-electron chi connectivity index (χ2n) is 6.33. The van der Waals surface area contributed by atoms with E-state index in [0.717, 1.165) is 10.6 Å². The van der Waals surface area contributed by atoms with Crippen LogP contribution >= 0.6 is 34.3 Å². The number of aromatic nitrogens is 3. The van der Waals surface area contributed by atoms with Crippen LogP contribution in [0.15, 0.2) is 46.6 Å².